The van der Waals surface area contributed by atoms with Crippen LogP contribution in [0.2, 0.25) is 0 Å². The molecule has 3 aromatic rings. The lowest BCUT2D eigenvalue weighted by Gasteiger charge is -2.05. The second kappa shape index (κ2) is 4.63. The average molecular weight is 266 g/mol. The van der Waals surface area contributed by atoms with Crippen molar-refractivity contribution in [2.24, 2.45) is 7.05 Å². The molecule has 1 aromatic carbocycles. The fraction of sp³-hybridized carbons (Fsp3) is 0.250. The Balaban J connectivity index is 2.24. The third kappa shape index (κ3) is 2.03. The first-order chi connectivity index (χ1) is 9.56. The van der Waals surface area contributed by atoms with Gasteiger partial charge in [0.15, 0.2) is 0 Å². The van der Waals surface area contributed by atoms with Gasteiger partial charge in [-0.05, 0) is 36.2 Å². The zero-order valence-corrected chi connectivity index (χ0v) is 12.0. The number of nitrogens with two attached hydrogens (primary N) is 1. The van der Waals surface area contributed by atoms with Crippen LogP contribution >= 0.6 is 0 Å². The molecule has 0 spiro atoms. The van der Waals surface area contributed by atoms with Gasteiger partial charge >= 0.3 is 0 Å². The maximum Gasteiger partial charge on any atom is 0.100 e. The van der Waals surface area contributed by atoms with Crippen LogP contribution in [0.25, 0.3) is 22.2 Å². The van der Waals surface area contributed by atoms with Crippen LogP contribution in [-0.4, -0.2) is 14.8 Å². The summed E-state index contributed by atoms with van der Waals surface area (Å²) in [7, 11) is 1.95. The minimum Gasteiger partial charge on any atom is -0.399 e. The monoisotopic (exact) mass is 266 g/mol. The smallest absolute Gasteiger partial charge is 0.100 e. The van der Waals surface area contributed by atoms with Gasteiger partial charge in [0.25, 0.3) is 0 Å². The van der Waals surface area contributed by atoms with E-state index >= 15 is 0 Å². The van der Waals surface area contributed by atoms with Crippen LogP contribution < -0.4 is 5.73 Å². The van der Waals surface area contributed by atoms with Crippen LogP contribution in [0.5, 0.6) is 0 Å². The predicted molar refractivity (Wildman–Crippen MR) is 82.4 cm³/mol. The van der Waals surface area contributed by atoms with Crippen molar-refractivity contribution in [1.82, 2.24) is 14.8 Å². The van der Waals surface area contributed by atoms with Crippen LogP contribution in [0.15, 0.2) is 36.5 Å². The minimum absolute atomic E-state index is 0.398. The minimum atomic E-state index is 0.398. The highest BCUT2D eigenvalue weighted by Crippen LogP contribution is 2.30. The van der Waals surface area contributed by atoms with Crippen molar-refractivity contribution in [3.63, 3.8) is 0 Å². The number of aryl methyl sites for hydroxylation is 1. The second-order valence-electron chi connectivity index (χ2n) is 5.37. The molecule has 4 nitrogen and oxygen atoms in total. The molecule has 0 unspecified atom stereocenters. The van der Waals surface area contributed by atoms with Crippen molar-refractivity contribution in [3.8, 4) is 11.3 Å². The molecule has 0 fully saturated rings. The van der Waals surface area contributed by atoms with Gasteiger partial charge in [0, 0.05) is 35.6 Å². The number of benzene rings is 1. The van der Waals surface area contributed by atoms with Crippen LogP contribution in [0.3, 0.4) is 0 Å². The number of anilines is 1. The highest BCUT2D eigenvalue weighted by atomic mass is 15.3. The number of pyridine rings is 1. The van der Waals surface area contributed by atoms with E-state index in [2.05, 4.69) is 30.0 Å². The lowest BCUT2D eigenvalue weighted by Crippen LogP contribution is -1.93. The number of hydrogen-bond acceptors (Lipinski definition) is 3. The quantitative estimate of drug-likeness (QED) is 0.724. The van der Waals surface area contributed by atoms with Crippen molar-refractivity contribution in [2.75, 3.05) is 5.73 Å². The lowest BCUT2D eigenvalue weighted by molar-refractivity contribution is 0.798. The third-order valence-corrected chi connectivity index (χ3v) is 3.52. The molecular weight excluding hydrogens is 248 g/mol. The lowest BCUT2D eigenvalue weighted by atomic mass is 10.0. The van der Waals surface area contributed by atoms with Gasteiger partial charge in [0.2, 0.25) is 0 Å². The van der Waals surface area contributed by atoms with Gasteiger partial charge in [0.05, 0.1) is 5.52 Å². The Morgan fingerprint density at radius 1 is 1.15 bits per heavy atom. The topological polar surface area (TPSA) is 56.7 Å². The van der Waals surface area contributed by atoms with Crippen LogP contribution in [0.4, 0.5) is 5.69 Å². The molecule has 102 valence electrons. The molecule has 0 aliphatic heterocycles. The van der Waals surface area contributed by atoms with Crippen molar-refractivity contribution in [3.05, 3.63) is 42.2 Å². The summed E-state index contributed by atoms with van der Waals surface area (Å²) in [5.74, 6) is 0.398. The Hall–Kier alpha value is -2.36. The SMILES string of the molecule is CC(C)c1cc(-c2nn(C)c3ccc(N)cc23)ccn1. The van der Waals surface area contributed by atoms with E-state index in [-0.39, 0.29) is 0 Å². The zero-order chi connectivity index (χ0) is 14.3. The Kier molecular flexibility index (Phi) is 2.93. The van der Waals surface area contributed by atoms with E-state index in [0.717, 1.165) is 33.5 Å². The van der Waals surface area contributed by atoms with Crippen molar-refractivity contribution in [1.29, 1.82) is 0 Å². The number of nitrogen functional groups attached to an aromatic ring is 1. The molecule has 20 heavy (non-hydrogen) atoms. The standard InChI is InChI=1S/C16H18N4/c1-10(2)14-8-11(6-7-18-14)16-13-9-12(17)4-5-15(13)20(3)19-16/h4-10H,17H2,1-3H3. The van der Waals surface area contributed by atoms with Crippen molar-refractivity contribution in [2.45, 2.75) is 19.8 Å². The molecular formula is C16H18N4. The summed E-state index contributed by atoms with van der Waals surface area (Å²) in [4.78, 5) is 4.41. The molecule has 0 saturated heterocycles. The molecule has 0 amide bonds. The van der Waals surface area contributed by atoms with E-state index in [1.165, 1.54) is 0 Å². The van der Waals surface area contributed by atoms with Crippen LogP contribution in [-0.2, 0) is 7.05 Å². The maximum absolute atomic E-state index is 5.91. The van der Waals surface area contributed by atoms with Gasteiger partial charge in [-0.3, -0.25) is 9.67 Å². The molecule has 2 heterocycles. The van der Waals surface area contributed by atoms with Crippen molar-refractivity contribution < 1.29 is 0 Å². The Bertz CT molecular complexity index is 771. The fourth-order valence-electron chi connectivity index (χ4n) is 2.41. The van der Waals surface area contributed by atoms with E-state index in [4.69, 9.17) is 5.73 Å². The highest BCUT2D eigenvalue weighted by molar-refractivity contribution is 5.95. The molecule has 3 rings (SSSR count). The maximum atomic E-state index is 5.91. The van der Waals surface area contributed by atoms with Gasteiger partial charge in [-0.15, -0.1) is 0 Å². The van der Waals surface area contributed by atoms with Gasteiger partial charge in [0.1, 0.15) is 5.69 Å². The molecule has 0 aliphatic carbocycles. The summed E-state index contributed by atoms with van der Waals surface area (Å²) >= 11 is 0. The Morgan fingerprint density at radius 3 is 2.70 bits per heavy atom. The van der Waals surface area contributed by atoms with E-state index in [9.17, 15) is 0 Å². The van der Waals surface area contributed by atoms with Gasteiger partial charge in [-0.25, -0.2) is 0 Å². The average Bonchev–Trinajstić information content (AvgIpc) is 2.75. The predicted octanol–water partition coefficient (Wildman–Crippen LogP) is 3.34. The zero-order valence-electron chi connectivity index (χ0n) is 12.0. The second-order valence-corrected chi connectivity index (χ2v) is 5.37. The van der Waals surface area contributed by atoms with Crippen molar-refractivity contribution >= 4 is 16.6 Å². The van der Waals surface area contributed by atoms with Gasteiger partial charge in [-0.2, -0.15) is 5.10 Å². The first-order valence-corrected chi connectivity index (χ1v) is 6.75. The number of hydrogen-bond donors (Lipinski definition) is 1. The van der Waals surface area contributed by atoms with Gasteiger partial charge < -0.3 is 5.73 Å². The molecule has 0 atom stereocenters. The van der Waals surface area contributed by atoms with E-state index in [1.54, 1.807) is 0 Å². The van der Waals surface area contributed by atoms with E-state index < -0.39 is 0 Å². The summed E-state index contributed by atoms with van der Waals surface area (Å²) in [6.45, 7) is 4.28. The van der Waals surface area contributed by atoms with E-state index in [0.29, 0.717) is 5.92 Å². The van der Waals surface area contributed by atoms with Gasteiger partial charge in [-0.1, -0.05) is 13.8 Å². The van der Waals surface area contributed by atoms with Crippen LogP contribution in [0, 0.1) is 0 Å². The molecule has 0 radical (unpaired) electrons. The fourth-order valence-corrected chi connectivity index (χ4v) is 2.41. The molecule has 4 heteroatoms. The summed E-state index contributed by atoms with van der Waals surface area (Å²) in [6.07, 6.45) is 1.84. The molecule has 0 saturated carbocycles. The summed E-state index contributed by atoms with van der Waals surface area (Å²) < 4.78 is 1.89. The molecule has 2 aromatic heterocycles. The summed E-state index contributed by atoms with van der Waals surface area (Å²) in [5, 5.41) is 5.71. The number of rotatable bonds is 2. The Morgan fingerprint density at radius 2 is 1.95 bits per heavy atom. The third-order valence-electron chi connectivity index (χ3n) is 3.52. The number of fused-ring (bicyclic) bond motifs is 1. The first-order valence-electron chi connectivity index (χ1n) is 6.75. The van der Waals surface area contributed by atoms with Crippen LogP contribution in [0.1, 0.15) is 25.5 Å². The largest absolute Gasteiger partial charge is 0.399 e. The molecule has 0 aliphatic rings. The summed E-state index contributed by atoms with van der Waals surface area (Å²) in [6, 6.07) is 9.99. The normalized spacial score (nSPS) is 11.4. The number of nitrogens with zero attached hydrogens (tertiary/aromatic N) is 3. The molecule has 0 bridgehead atoms. The highest BCUT2D eigenvalue weighted by Gasteiger charge is 2.12. The van der Waals surface area contributed by atoms with E-state index in [1.807, 2.05) is 42.2 Å². The number of aromatic nitrogens is 3. The summed E-state index contributed by atoms with van der Waals surface area (Å²) in [5.41, 5.74) is 10.9. The first kappa shape index (κ1) is 12.7. The Labute approximate surface area is 118 Å². The molecule has 2 N–H and O–H groups in total.